The highest BCUT2D eigenvalue weighted by Crippen LogP contribution is 2.24. The van der Waals surface area contributed by atoms with Gasteiger partial charge in [-0.2, -0.15) is 13.2 Å². The molecule has 0 fully saturated rings. The number of carbonyl (C=O) groups is 1. The topological polar surface area (TPSA) is 59.5 Å². The number of halogens is 3. The zero-order valence-electron chi connectivity index (χ0n) is 10.6. The van der Waals surface area contributed by atoms with Crippen molar-refractivity contribution < 1.29 is 22.4 Å². The van der Waals surface area contributed by atoms with Crippen LogP contribution in [0.3, 0.4) is 0 Å². The summed E-state index contributed by atoms with van der Waals surface area (Å²) in [6.07, 6.45) is 0.453. The smallest absolute Gasteiger partial charge is 0.406 e. The quantitative estimate of drug-likeness (QED) is 0.863. The van der Waals surface area contributed by atoms with E-state index in [0.29, 0.717) is 12.2 Å². The minimum absolute atomic E-state index is 0.203. The summed E-state index contributed by atoms with van der Waals surface area (Å²) >= 11 is 0. The average molecular weight is 288 g/mol. The molecular formula is C13H15F3N2O2. The highest BCUT2D eigenvalue weighted by molar-refractivity contribution is 5.81. The number of hydrogen-bond donors (Lipinski definition) is 1. The molecule has 0 spiro atoms. The molecule has 1 heterocycles. The summed E-state index contributed by atoms with van der Waals surface area (Å²) in [5.41, 5.74) is 5.63. The molecule has 1 amide bonds. The van der Waals surface area contributed by atoms with Crippen LogP contribution in [-0.4, -0.2) is 29.6 Å². The molecule has 0 saturated carbocycles. The standard InChI is InChI=1S/C13H15F3N2O2/c14-13(15,16)8-18(7-11-2-1-5-20-11)12(19)9-3-4-10(17)6-9/h1-5,9-10H,6-8,17H2. The Kier molecular flexibility index (Phi) is 4.17. The van der Waals surface area contributed by atoms with Gasteiger partial charge >= 0.3 is 6.18 Å². The van der Waals surface area contributed by atoms with E-state index in [1.165, 1.54) is 12.3 Å². The van der Waals surface area contributed by atoms with Crippen molar-refractivity contribution in [1.29, 1.82) is 0 Å². The molecular weight excluding hydrogens is 273 g/mol. The summed E-state index contributed by atoms with van der Waals surface area (Å²) in [4.78, 5) is 12.9. The highest BCUT2D eigenvalue weighted by atomic mass is 19.4. The first kappa shape index (κ1) is 14.6. The minimum atomic E-state index is -4.45. The fourth-order valence-electron chi connectivity index (χ4n) is 2.16. The number of alkyl halides is 3. The normalized spacial score (nSPS) is 22.2. The Morgan fingerprint density at radius 3 is 2.70 bits per heavy atom. The van der Waals surface area contributed by atoms with Crippen molar-refractivity contribution in [2.45, 2.75) is 25.2 Å². The predicted molar refractivity (Wildman–Crippen MR) is 65.4 cm³/mol. The molecule has 20 heavy (non-hydrogen) atoms. The lowest BCUT2D eigenvalue weighted by atomic mass is 10.1. The highest BCUT2D eigenvalue weighted by Gasteiger charge is 2.36. The summed E-state index contributed by atoms with van der Waals surface area (Å²) in [7, 11) is 0. The molecule has 0 aliphatic heterocycles. The third-order valence-corrected chi connectivity index (χ3v) is 3.04. The van der Waals surface area contributed by atoms with Crippen molar-refractivity contribution in [1.82, 2.24) is 4.90 Å². The monoisotopic (exact) mass is 288 g/mol. The SMILES string of the molecule is NC1C=CC(C(=O)N(Cc2ccco2)CC(F)(F)F)C1. The van der Waals surface area contributed by atoms with Crippen LogP contribution in [0, 0.1) is 5.92 Å². The van der Waals surface area contributed by atoms with Crippen LogP contribution in [0.25, 0.3) is 0 Å². The number of nitrogens with zero attached hydrogens (tertiary/aromatic N) is 1. The summed E-state index contributed by atoms with van der Waals surface area (Å²) in [5, 5.41) is 0. The molecule has 2 atom stereocenters. The molecule has 0 saturated heterocycles. The zero-order valence-corrected chi connectivity index (χ0v) is 10.6. The van der Waals surface area contributed by atoms with Crippen LogP contribution in [0.2, 0.25) is 0 Å². The predicted octanol–water partition coefficient (Wildman–Crippen LogP) is 2.07. The lowest BCUT2D eigenvalue weighted by Gasteiger charge is -2.25. The molecule has 2 rings (SSSR count). The molecule has 2 unspecified atom stereocenters. The van der Waals surface area contributed by atoms with E-state index in [0.717, 1.165) is 4.90 Å². The second-order valence-electron chi connectivity index (χ2n) is 4.78. The van der Waals surface area contributed by atoms with Crippen LogP contribution in [0.1, 0.15) is 12.2 Å². The molecule has 0 bridgehead atoms. The summed E-state index contributed by atoms with van der Waals surface area (Å²) in [6, 6.07) is 2.82. The van der Waals surface area contributed by atoms with E-state index in [-0.39, 0.29) is 12.6 Å². The van der Waals surface area contributed by atoms with E-state index >= 15 is 0 Å². The van der Waals surface area contributed by atoms with E-state index in [9.17, 15) is 18.0 Å². The number of amides is 1. The van der Waals surface area contributed by atoms with Gasteiger partial charge in [-0.05, 0) is 18.6 Å². The average Bonchev–Trinajstić information content (AvgIpc) is 2.97. The number of nitrogens with two attached hydrogens (primary N) is 1. The summed E-state index contributed by atoms with van der Waals surface area (Å²) in [6.45, 7) is -1.50. The minimum Gasteiger partial charge on any atom is -0.467 e. The van der Waals surface area contributed by atoms with Crippen molar-refractivity contribution in [3.05, 3.63) is 36.3 Å². The first-order valence-corrected chi connectivity index (χ1v) is 6.17. The fraction of sp³-hybridized carbons (Fsp3) is 0.462. The maximum Gasteiger partial charge on any atom is 0.406 e. The van der Waals surface area contributed by atoms with Gasteiger partial charge in [-0.15, -0.1) is 0 Å². The first-order valence-electron chi connectivity index (χ1n) is 6.17. The van der Waals surface area contributed by atoms with Gasteiger partial charge in [-0.1, -0.05) is 12.2 Å². The van der Waals surface area contributed by atoms with Gasteiger partial charge < -0.3 is 15.1 Å². The van der Waals surface area contributed by atoms with Gasteiger partial charge in [0.25, 0.3) is 0 Å². The van der Waals surface area contributed by atoms with Crippen molar-refractivity contribution >= 4 is 5.91 Å². The van der Waals surface area contributed by atoms with Crippen LogP contribution >= 0.6 is 0 Å². The molecule has 1 aromatic heterocycles. The molecule has 1 aliphatic carbocycles. The molecule has 1 aliphatic rings. The fourth-order valence-corrected chi connectivity index (χ4v) is 2.16. The maximum absolute atomic E-state index is 12.6. The van der Waals surface area contributed by atoms with E-state index in [1.807, 2.05) is 0 Å². The molecule has 110 valence electrons. The lowest BCUT2D eigenvalue weighted by Crippen LogP contribution is -2.41. The van der Waals surface area contributed by atoms with Crippen LogP contribution in [0.5, 0.6) is 0 Å². The molecule has 0 radical (unpaired) electrons. The molecule has 2 N–H and O–H groups in total. The van der Waals surface area contributed by atoms with Crippen molar-refractivity contribution in [2.24, 2.45) is 11.7 Å². The molecule has 1 aromatic rings. The van der Waals surface area contributed by atoms with E-state index in [1.54, 1.807) is 18.2 Å². The van der Waals surface area contributed by atoms with Gasteiger partial charge in [-0.3, -0.25) is 4.79 Å². The number of carbonyl (C=O) groups excluding carboxylic acids is 1. The Balaban J connectivity index is 2.09. The summed E-state index contributed by atoms with van der Waals surface area (Å²) in [5.74, 6) is -0.862. The van der Waals surface area contributed by atoms with Gasteiger partial charge in [0, 0.05) is 6.04 Å². The Bertz CT molecular complexity index is 482. The van der Waals surface area contributed by atoms with Crippen LogP contribution in [0.15, 0.2) is 35.0 Å². The van der Waals surface area contributed by atoms with Gasteiger partial charge in [0.2, 0.25) is 5.91 Å². The molecule has 0 aromatic carbocycles. The molecule has 4 nitrogen and oxygen atoms in total. The van der Waals surface area contributed by atoms with Gasteiger partial charge in [0.1, 0.15) is 12.3 Å². The third kappa shape index (κ3) is 3.86. The van der Waals surface area contributed by atoms with Crippen LogP contribution in [0.4, 0.5) is 13.2 Å². The lowest BCUT2D eigenvalue weighted by molar-refractivity contribution is -0.164. The Hall–Kier alpha value is -1.76. The van der Waals surface area contributed by atoms with Gasteiger partial charge in [-0.25, -0.2) is 0 Å². The van der Waals surface area contributed by atoms with Crippen LogP contribution < -0.4 is 5.73 Å². The Morgan fingerprint density at radius 1 is 1.45 bits per heavy atom. The van der Waals surface area contributed by atoms with Crippen molar-refractivity contribution in [3.8, 4) is 0 Å². The summed E-state index contributed by atoms with van der Waals surface area (Å²) < 4.78 is 42.8. The van der Waals surface area contributed by atoms with Crippen molar-refractivity contribution in [2.75, 3.05) is 6.54 Å². The van der Waals surface area contributed by atoms with E-state index < -0.39 is 24.5 Å². The van der Waals surface area contributed by atoms with Gasteiger partial charge in [0.05, 0.1) is 18.7 Å². The molecule has 7 heteroatoms. The van der Waals surface area contributed by atoms with E-state index in [4.69, 9.17) is 10.2 Å². The largest absolute Gasteiger partial charge is 0.467 e. The first-order chi connectivity index (χ1) is 9.35. The second kappa shape index (κ2) is 5.70. The van der Waals surface area contributed by atoms with Crippen molar-refractivity contribution in [3.63, 3.8) is 0 Å². The van der Waals surface area contributed by atoms with Crippen LogP contribution in [-0.2, 0) is 11.3 Å². The Morgan fingerprint density at radius 2 is 2.20 bits per heavy atom. The second-order valence-corrected chi connectivity index (χ2v) is 4.78. The third-order valence-electron chi connectivity index (χ3n) is 3.04. The number of hydrogen-bond acceptors (Lipinski definition) is 3. The number of furan rings is 1. The Labute approximate surface area is 114 Å². The zero-order chi connectivity index (χ0) is 14.8. The maximum atomic E-state index is 12.6. The van der Waals surface area contributed by atoms with Gasteiger partial charge in [0.15, 0.2) is 0 Å². The van der Waals surface area contributed by atoms with E-state index in [2.05, 4.69) is 0 Å². The number of rotatable bonds is 4.